The molecule has 2 amide bonds. The van der Waals surface area contributed by atoms with E-state index in [1.165, 1.54) is 48.2 Å². The standard InChI is InChI=1S/C25H31F2N3O4S/c1-17(2)20-7-11-22(12-8-20)35(33,34)30-14-13-29(18(3)31)16-23(30)24(32)28-15-19-5-9-21(10-6-19)25(4,26)27/h5-12,17,23H,13-16H2,1-4H3,(H,28,32)/t23-/m1/s1. The van der Waals surface area contributed by atoms with E-state index < -0.39 is 27.9 Å². The number of hydrogen-bond acceptors (Lipinski definition) is 4. The molecule has 190 valence electrons. The van der Waals surface area contributed by atoms with Gasteiger partial charge in [0.05, 0.1) is 4.90 Å². The molecule has 0 spiro atoms. The molecule has 0 bridgehead atoms. The third kappa shape index (κ3) is 6.24. The molecule has 3 rings (SSSR count). The maximum absolute atomic E-state index is 13.4. The Bertz CT molecular complexity index is 1160. The average molecular weight is 508 g/mol. The van der Waals surface area contributed by atoms with E-state index in [1.54, 1.807) is 12.1 Å². The van der Waals surface area contributed by atoms with E-state index in [1.807, 2.05) is 13.8 Å². The van der Waals surface area contributed by atoms with Crippen LogP contribution in [0.2, 0.25) is 0 Å². The van der Waals surface area contributed by atoms with E-state index in [0.29, 0.717) is 5.56 Å². The highest BCUT2D eigenvalue weighted by Crippen LogP contribution is 2.27. The Morgan fingerprint density at radius 3 is 2.17 bits per heavy atom. The molecule has 0 aromatic heterocycles. The number of hydrogen-bond donors (Lipinski definition) is 1. The van der Waals surface area contributed by atoms with Crippen molar-refractivity contribution in [3.05, 3.63) is 65.2 Å². The van der Waals surface area contributed by atoms with Crippen molar-refractivity contribution in [3.8, 4) is 0 Å². The van der Waals surface area contributed by atoms with Crippen LogP contribution >= 0.6 is 0 Å². The molecular weight excluding hydrogens is 476 g/mol. The first kappa shape index (κ1) is 26.7. The number of benzene rings is 2. The molecule has 2 aromatic carbocycles. The van der Waals surface area contributed by atoms with Crippen LogP contribution in [0.1, 0.15) is 50.3 Å². The Hall–Kier alpha value is -2.85. The predicted molar refractivity (Wildman–Crippen MR) is 128 cm³/mol. The Morgan fingerprint density at radius 1 is 1.06 bits per heavy atom. The number of halogens is 2. The monoisotopic (exact) mass is 507 g/mol. The minimum absolute atomic E-state index is 0.0216. The molecule has 1 N–H and O–H groups in total. The lowest BCUT2D eigenvalue weighted by Crippen LogP contribution is -2.61. The molecule has 1 heterocycles. The first-order chi connectivity index (χ1) is 16.3. The zero-order valence-corrected chi connectivity index (χ0v) is 21.1. The van der Waals surface area contributed by atoms with E-state index >= 15 is 0 Å². The summed E-state index contributed by atoms with van der Waals surface area (Å²) in [5.41, 5.74) is 1.44. The lowest BCUT2D eigenvalue weighted by atomic mass is 10.0. The summed E-state index contributed by atoms with van der Waals surface area (Å²) >= 11 is 0. The van der Waals surface area contributed by atoms with Crippen LogP contribution in [0.15, 0.2) is 53.4 Å². The fourth-order valence-electron chi connectivity index (χ4n) is 3.94. The highest BCUT2D eigenvalue weighted by atomic mass is 32.2. The molecule has 1 saturated heterocycles. The Kier molecular flexibility index (Phi) is 7.96. The molecule has 1 fully saturated rings. The second kappa shape index (κ2) is 10.4. The number of amides is 2. The van der Waals surface area contributed by atoms with Crippen molar-refractivity contribution in [2.24, 2.45) is 0 Å². The minimum Gasteiger partial charge on any atom is -0.351 e. The van der Waals surface area contributed by atoms with Gasteiger partial charge in [-0.25, -0.2) is 17.2 Å². The van der Waals surface area contributed by atoms with Gasteiger partial charge >= 0.3 is 0 Å². The number of alkyl halides is 2. The van der Waals surface area contributed by atoms with Gasteiger partial charge in [-0.2, -0.15) is 4.31 Å². The molecule has 1 aliphatic heterocycles. The van der Waals surface area contributed by atoms with Gasteiger partial charge in [0, 0.05) is 45.6 Å². The summed E-state index contributed by atoms with van der Waals surface area (Å²) < 4.78 is 54.9. The Labute approximate surface area is 205 Å². The number of piperazine rings is 1. The van der Waals surface area contributed by atoms with E-state index in [-0.39, 0.29) is 48.5 Å². The molecule has 1 aliphatic rings. The van der Waals surface area contributed by atoms with E-state index in [4.69, 9.17) is 0 Å². The van der Waals surface area contributed by atoms with Crippen LogP contribution in [0.5, 0.6) is 0 Å². The van der Waals surface area contributed by atoms with Crippen LogP contribution in [-0.2, 0) is 32.1 Å². The quantitative estimate of drug-likeness (QED) is 0.622. The smallest absolute Gasteiger partial charge is 0.270 e. The van der Waals surface area contributed by atoms with Gasteiger partial charge in [-0.1, -0.05) is 50.2 Å². The lowest BCUT2D eigenvalue weighted by molar-refractivity contribution is -0.134. The third-order valence-corrected chi connectivity index (χ3v) is 8.08. The zero-order chi connectivity index (χ0) is 26.0. The van der Waals surface area contributed by atoms with Crippen molar-refractivity contribution in [3.63, 3.8) is 0 Å². The van der Waals surface area contributed by atoms with Gasteiger partial charge in [-0.15, -0.1) is 0 Å². The van der Waals surface area contributed by atoms with Gasteiger partial charge in [0.2, 0.25) is 21.8 Å². The SMILES string of the molecule is CC(=O)N1CCN(S(=O)(=O)c2ccc(C(C)C)cc2)[C@@H](C(=O)NCc2ccc(C(C)(F)F)cc2)C1. The number of carbonyl (C=O) groups excluding carboxylic acids is 2. The number of nitrogens with one attached hydrogen (secondary N) is 1. The number of carbonyl (C=O) groups is 2. The summed E-state index contributed by atoms with van der Waals surface area (Å²) in [5.74, 6) is -3.55. The van der Waals surface area contributed by atoms with Gasteiger partial charge in [-0.3, -0.25) is 9.59 Å². The Balaban J connectivity index is 1.80. The average Bonchev–Trinajstić information content (AvgIpc) is 2.81. The van der Waals surface area contributed by atoms with Crippen molar-refractivity contribution in [1.82, 2.24) is 14.5 Å². The maximum atomic E-state index is 13.4. The summed E-state index contributed by atoms with van der Waals surface area (Å²) in [7, 11) is -4.00. The summed E-state index contributed by atoms with van der Waals surface area (Å²) in [4.78, 5) is 26.6. The minimum atomic E-state index is -4.00. The number of nitrogens with zero attached hydrogens (tertiary/aromatic N) is 2. The first-order valence-electron chi connectivity index (χ1n) is 11.4. The number of sulfonamides is 1. The van der Waals surface area contributed by atoms with Crippen molar-refractivity contribution in [2.45, 2.75) is 57.0 Å². The van der Waals surface area contributed by atoms with E-state index in [2.05, 4.69) is 5.32 Å². The molecule has 0 saturated carbocycles. The van der Waals surface area contributed by atoms with Gasteiger partial charge in [0.25, 0.3) is 5.92 Å². The second-order valence-electron chi connectivity index (χ2n) is 9.12. The third-order valence-electron chi connectivity index (χ3n) is 6.16. The van der Waals surface area contributed by atoms with Crippen molar-refractivity contribution in [1.29, 1.82) is 0 Å². The summed E-state index contributed by atoms with van der Waals surface area (Å²) in [6.45, 7) is 6.29. The predicted octanol–water partition coefficient (Wildman–Crippen LogP) is 3.46. The van der Waals surface area contributed by atoms with Crippen molar-refractivity contribution in [2.75, 3.05) is 19.6 Å². The highest BCUT2D eigenvalue weighted by Gasteiger charge is 2.40. The fourth-order valence-corrected chi connectivity index (χ4v) is 5.51. The molecule has 0 aliphatic carbocycles. The Morgan fingerprint density at radius 2 is 1.66 bits per heavy atom. The molecule has 0 unspecified atom stereocenters. The zero-order valence-electron chi connectivity index (χ0n) is 20.3. The summed E-state index contributed by atoms with van der Waals surface area (Å²) in [6.07, 6.45) is 0. The molecule has 10 heteroatoms. The van der Waals surface area contributed by atoms with Crippen LogP contribution < -0.4 is 5.32 Å². The van der Waals surface area contributed by atoms with Crippen LogP contribution in [0, 0.1) is 0 Å². The largest absolute Gasteiger partial charge is 0.351 e. The normalized spacial score (nSPS) is 17.5. The lowest BCUT2D eigenvalue weighted by Gasteiger charge is -2.39. The van der Waals surface area contributed by atoms with Crippen LogP contribution in [0.3, 0.4) is 0 Å². The highest BCUT2D eigenvalue weighted by molar-refractivity contribution is 7.89. The molecular formula is C25H31F2N3O4S. The van der Waals surface area contributed by atoms with Crippen LogP contribution in [0.25, 0.3) is 0 Å². The first-order valence-corrected chi connectivity index (χ1v) is 12.9. The molecule has 2 aromatic rings. The molecule has 7 nitrogen and oxygen atoms in total. The second-order valence-corrected chi connectivity index (χ2v) is 11.0. The molecule has 0 radical (unpaired) electrons. The van der Waals surface area contributed by atoms with Gasteiger partial charge in [-0.05, 0) is 29.2 Å². The topological polar surface area (TPSA) is 86.8 Å². The van der Waals surface area contributed by atoms with Gasteiger partial charge in [0.1, 0.15) is 6.04 Å². The summed E-state index contributed by atoms with van der Waals surface area (Å²) in [5, 5.41) is 2.69. The molecule has 35 heavy (non-hydrogen) atoms. The van der Waals surface area contributed by atoms with Crippen molar-refractivity contribution >= 4 is 21.8 Å². The maximum Gasteiger partial charge on any atom is 0.270 e. The molecule has 1 atom stereocenters. The van der Waals surface area contributed by atoms with Gasteiger partial charge in [0.15, 0.2) is 0 Å². The van der Waals surface area contributed by atoms with Crippen molar-refractivity contribution < 1.29 is 26.8 Å². The summed E-state index contributed by atoms with van der Waals surface area (Å²) in [6, 6.07) is 11.0. The van der Waals surface area contributed by atoms with Gasteiger partial charge < -0.3 is 10.2 Å². The van der Waals surface area contributed by atoms with Crippen LogP contribution in [0.4, 0.5) is 8.78 Å². The van der Waals surface area contributed by atoms with E-state index in [0.717, 1.165) is 16.8 Å². The fraction of sp³-hybridized carbons (Fsp3) is 0.440. The van der Waals surface area contributed by atoms with Crippen LogP contribution in [-0.4, -0.2) is 55.1 Å². The van der Waals surface area contributed by atoms with E-state index in [9.17, 15) is 26.8 Å². The number of rotatable bonds is 7.